The zero-order valence-corrected chi connectivity index (χ0v) is 15.6. The first-order valence-electron chi connectivity index (χ1n) is 9.61. The Balaban J connectivity index is 1.48. The summed E-state index contributed by atoms with van der Waals surface area (Å²) in [6, 6.07) is 6.83. The molecule has 5 nitrogen and oxygen atoms in total. The van der Waals surface area contributed by atoms with E-state index in [0.29, 0.717) is 19.0 Å². The van der Waals surface area contributed by atoms with Crippen molar-refractivity contribution in [3.05, 3.63) is 29.3 Å². The molecule has 138 valence electrons. The van der Waals surface area contributed by atoms with Gasteiger partial charge in [0.1, 0.15) is 0 Å². The van der Waals surface area contributed by atoms with E-state index in [1.54, 1.807) is 0 Å². The van der Waals surface area contributed by atoms with Crippen LogP contribution < -0.4 is 5.32 Å². The minimum Gasteiger partial charge on any atom is -0.381 e. The lowest BCUT2D eigenvalue weighted by Crippen LogP contribution is -2.46. The van der Waals surface area contributed by atoms with Crippen molar-refractivity contribution in [1.29, 1.82) is 0 Å². The zero-order chi connectivity index (χ0) is 17.6. The van der Waals surface area contributed by atoms with Crippen molar-refractivity contribution in [2.45, 2.75) is 52.0 Å². The van der Waals surface area contributed by atoms with Crippen molar-refractivity contribution in [3.8, 4) is 0 Å². The number of aryl methyl sites for hydroxylation is 2. The van der Waals surface area contributed by atoms with Gasteiger partial charge in [0.05, 0.1) is 6.61 Å². The molecule has 0 saturated carbocycles. The molecule has 2 aliphatic rings. The standard InChI is InChI=1S/C20H31N3O2/c1-16-7-8-18(14-17(16)2)21-19-6-5-10-22(15-19)20(24)9-12-23-11-3-4-13-25-23/h7-8,14,19,21H,3-6,9-13,15H2,1-2H3/t19-/m1/s1. The van der Waals surface area contributed by atoms with Gasteiger partial charge in [0.25, 0.3) is 0 Å². The first kappa shape index (κ1) is 18.2. The average Bonchev–Trinajstić information content (AvgIpc) is 2.64. The van der Waals surface area contributed by atoms with Crippen LogP contribution in [0, 0.1) is 13.8 Å². The SMILES string of the molecule is Cc1ccc(N[C@@H]2CCCN(C(=O)CCN3CCCCO3)C2)cc1C. The van der Waals surface area contributed by atoms with E-state index >= 15 is 0 Å². The normalized spacial score (nSPS) is 22.0. The van der Waals surface area contributed by atoms with E-state index in [2.05, 4.69) is 37.4 Å². The van der Waals surface area contributed by atoms with E-state index < -0.39 is 0 Å². The molecule has 3 rings (SSSR count). The van der Waals surface area contributed by atoms with Crippen LogP contribution >= 0.6 is 0 Å². The molecule has 1 amide bonds. The van der Waals surface area contributed by atoms with E-state index in [1.165, 1.54) is 17.5 Å². The van der Waals surface area contributed by atoms with Crippen LogP contribution in [0.5, 0.6) is 0 Å². The Morgan fingerprint density at radius 2 is 2.08 bits per heavy atom. The molecule has 1 aromatic rings. The van der Waals surface area contributed by atoms with Crippen molar-refractivity contribution in [2.75, 3.05) is 38.1 Å². The van der Waals surface area contributed by atoms with Gasteiger partial charge in [0, 0.05) is 44.3 Å². The van der Waals surface area contributed by atoms with Crippen molar-refractivity contribution >= 4 is 11.6 Å². The highest BCUT2D eigenvalue weighted by molar-refractivity contribution is 5.76. The van der Waals surface area contributed by atoms with Crippen molar-refractivity contribution in [2.24, 2.45) is 0 Å². The number of carbonyl (C=O) groups is 1. The van der Waals surface area contributed by atoms with E-state index in [-0.39, 0.29) is 5.91 Å². The summed E-state index contributed by atoms with van der Waals surface area (Å²) in [4.78, 5) is 20.2. The Hall–Kier alpha value is -1.59. The Bertz CT molecular complexity index is 584. The third-order valence-corrected chi connectivity index (χ3v) is 5.30. The highest BCUT2D eigenvalue weighted by Gasteiger charge is 2.24. The molecule has 0 radical (unpaired) electrons. The van der Waals surface area contributed by atoms with Gasteiger partial charge in [-0.05, 0) is 62.8 Å². The number of hydrogen-bond donors (Lipinski definition) is 1. The molecule has 25 heavy (non-hydrogen) atoms. The van der Waals surface area contributed by atoms with E-state index in [0.717, 1.165) is 51.2 Å². The molecule has 1 aromatic carbocycles. The number of piperidine rings is 1. The Kier molecular flexibility index (Phi) is 6.32. The lowest BCUT2D eigenvalue weighted by atomic mass is 10.0. The van der Waals surface area contributed by atoms with Gasteiger partial charge in [-0.25, -0.2) is 0 Å². The molecule has 5 heteroatoms. The number of likely N-dealkylation sites (tertiary alicyclic amines) is 1. The quantitative estimate of drug-likeness (QED) is 0.890. The Morgan fingerprint density at radius 1 is 1.20 bits per heavy atom. The molecule has 0 aliphatic carbocycles. The summed E-state index contributed by atoms with van der Waals surface area (Å²) >= 11 is 0. The maximum absolute atomic E-state index is 12.6. The van der Waals surface area contributed by atoms with Gasteiger partial charge in [0.2, 0.25) is 5.91 Å². The predicted octanol–water partition coefficient (Wildman–Crippen LogP) is 3.12. The van der Waals surface area contributed by atoms with Crippen molar-refractivity contribution < 1.29 is 9.63 Å². The summed E-state index contributed by atoms with van der Waals surface area (Å²) < 4.78 is 0. The van der Waals surface area contributed by atoms with Crippen LogP contribution in [0.15, 0.2) is 18.2 Å². The number of nitrogens with zero attached hydrogens (tertiary/aromatic N) is 2. The molecule has 0 aromatic heterocycles. The first-order valence-corrected chi connectivity index (χ1v) is 9.61. The summed E-state index contributed by atoms with van der Waals surface area (Å²) in [6.45, 7) is 8.40. The predicted molar refractivity (Wildman–Crippen MR) is 101 cm³/mol. The second-order valence-electron chi connectivity index (χ2n) is 7.34. The lowest BCUT2D eigenvalue weighted by molar-refractivity contribution is -0.182. The molecule has 2 heterocycles. The number of carbonyl (C=O) groups excluding carboxylic acids is 1. The van der Waals surface area contributed by atoms with Crippen LogP contribution in [0.3, 0.4) is 0 Å². The van der Waals surface area contributed by atoms with Gasteiger partial charge < -0.3 is 10.2 Å². The van der Waals surface area contributed by atoms with Gasteiger partial charge in [0.15, 0.2) is 0 Å². The first-order chi connectivity index (χ1) is 12.1. The number of anilines is 1. The van der Waals surface area contributed by atoms with Crippen LogP contribution in [0.4, 0.5) is 5.69 Å². The lowest BCUT2D eigenvalue weighted by Gasteiger charge is -2.34. The highest BCUT2D eigenvalue weighted by atomic mass is 16.7. The fourth-order valence-corrected chi connectivity index (χ4v) is 3.59. The van der Waals surface area contributed by atoms with Crippen molar-refractivity contribution in [1.82, 2.24) is 9.96 Å². The van der Waals surface area contributed by atoms with Crippen LogP contribution in [0.25, 0.3) is 0 Å². The number of hydroxylamine groups is 2. The molecule has 2 fully saturated rings. The monoisotopic (exact) mass is 345 g/mol. The summed E-state index contributed by atoms with van der Waals surface area (Å²) in [5.74, 6) is 0.251. The van der Waals surface area contributed by atoms with Gasteiger partial charge in [-0.1, -0.05) is 6.07 Å². The maximum atomic E-state index is 12.6. The number of rotatable bonds is 5. The fourth-order valence-electron chi connectivity index (χ4n) is 3.59. The largest absolute Gasteiger partial charge is 0.381 e. The summed E-state index contributed by atoms with van der Waals surface area (Å²) in [7, 11) is 0. The molecule has 1 atom stereocenters. The summed E-state index contributed by atoms with van der Waals surface area (Å²) in [6.07, 6.45) is 5.03. The average molecular weight is 345 g/mol. The fraction of sp³-hybridized carbons (Fsp3) is 0.650. The molecular weight excluding hydrogens is 314 g/mol. The molecule has 2 saturated heterocycles. The van der Waals surface area contributed by atoms with Crippen LogP contribution in [0.1, 0.15) is 43.2 Å². The minimum atomic E-state index is 0.251. The van der Waals surface area contributed by atoms with Crippen molar-refractivity contribution in [3.63, 3.8) is 0 Å². The van der Waals surface area contributed by atoms with E-state index in [9.17, 15) is 4.79 Å². The Labute approximate surface area is 151 Å². The Morgan fingerprint density at radius 3 is 2.84 bits per heavy atom. The van der Waals surface area contributed by atoms with Crippen LogP contribution in [-0.4, -0.2) is 54.7 Å². The number of hydrogen-bond acceptors (Lipinski definition) is 4. The molecule has 2 aliphatic heterocycles. The third kappa shape index (κ3) is 5.19. The number of nitrogens with one attached hydrogen (secondary N) is 1. The molecule has 0 unspecified atom stereocenters. The van der Waals surface area contributed by atoms with E-state index in [1.807, 2.05) is 9.96 Å². The van der Waals surface area contributed by atoms with Crippen LogP contribution in [0.2, 0.25) is 0 Å². The van der Waals surface area contributed by atoms with Gasteiger partial charge >= 0.3 is 0 Å². The highest BCUT2D eigenvalue weighted by Crippen LogP contribution is 2.19. The third-order valence-electron chi connectivity index (χ3n) is 5.30. The summed E-state index contributed by atoms with van der Waals surface area (Å²) in [5.41, 5.74) is 3.77. The smallest absolute Gasteiger partial charge is 0.224 e. The van der Waals surface area contributed by atoms with E-state index in [4.69, 9.17) is 4.84 Å². The molecule has 1 N–H and O–H groups in total. The molecule has 0 spiro atoms. The van der Waals surface area contributed by atoms with Gasteiger partial charge in [-0.3, -0.25) is 9.63 Å². The van der Waals surface area contributed by atoms with Gasteiger partial charge in [-0.2, -0.15) is 5.06 Å². The topological polar surface area (TPSA) is 44.8 Å². The number of amides is 1. The zero-order valence-electron chi connectivity index (χ0n) is 15.6. The van der Waals surface area contributed by atoms with Gasteiger partial charge in [-0.15, -0.1) is 0 Å². The molecular formula is C20H31N3O2. The maximum Gasteiger partial charge on any atom is 0.224 e. The van der Waals surface area contributed by atoms with Crippen LogP contribution in [-0.2, 0) is 9.63 Å². The second kappa shape index (κ2) is 8.68. The molecule has 0 bridgehead atoms. The second-order valence-corrected chi connectivity index (χ2v) is 7.34. The summed E-state index contributed by atoms with van der Waals surface area (Å²) in [5, 5.41) is 5.56. The number of benzene rings is 1. The minimum absolute atomic E-state index is 0.251.